The van der Waals surface area contributed by atoms with E-state index in [0.29, 0.717) is 18.9 Å². The standard InChI is InChI=1S/C16H23N5O2/c17-15-11-16(18)21(12-19-15)13-1-3-14(4-2-13)23-10-7-20-5-8-22-9-6-20/h1-4,12,16-17H,5-11,18H2. The number of benzene rings is 1. The lowest BCUT2D eigenvalue weighted by atomic mass is 10.2. The lowest BCUT2D eigenvalue weighted by molar-refractivity contribution is 0.0322. The maximum Gasteiger partial charge on any atom is 0.125 e. The third kappa shape index (κ3) is 4.28. The molecule has 0 spiro atoms. The van der Waals surface area contributed by atoms with E-state index in [-0.39, 0.29) is 6.17 Å². The van der Waals surface area contributed by atoms with Crippen molar-refractivity contribution in [2.75, 3.05) is 44.4 Å². The van der Waals surface area contributed by atoms with Gasteiger partial charge in [-0.2, -0.15) is 0 Å². The van der Waals surface area contributed by atoms with Crippen LogP contribution in [0.4, 0.5) is 5.69 Å². The summed E-state index contributed by atoms with van der Waals surface area (Å²) >= 11 is 0. The number of ether oxygens (including phenoxy) is 2. The predicted octanol–water partition coefficient (Wildman–Crippen LogP) is 0.898. The van der Waals surface area contributed by atoms with Crippen LogP contribution in [0, 0.1) is 5.41 Å². The molecule has 0 bridgehead atoms. The van der Waals surface area contributed by atoms with Crippen molar-refractivity contribution in [3.8, 4) is 5.75 Å². The molecule has 0 saturated carbocycles. The number of nitrogens with two attached hydrogens (primary N) is 1. The largest absolute Gasteiger partial charge is 0.492 e. The summed E-state index contributed by atoms with van der Waals surface area (Å²) in [6.07, 6.45) is 1.83. The van der Waals surface area contributed by atoms with E-state index in [1.165, 1.54) is 0 Å². The fourth-order valence-corrected chi connectivity index (χ4v) is 2.66. The highest BCUT2D eigenvalue weighted by Crippen LogP contribution is 2.21. The molecule has 1 atom stereocenters. The zero-order chi connectivity index (χ0) is 16.1. The van der Waals surface area contributed by atoms with Crippen molar-refractivity contribution in [1.29, 1.82) is 5.41 Å². The Hall–Kier alpha value is -1.96. The minimum absolute atomic E-state index is 0.243. The summed E-state index contributed by atoms with van der Waals surface area (Å²) in [5, 5.41) is 7.53. The van der Waals surface area contributed by atoms with Gasteiger partial charge in [-0.15, -0.1) is 0 Å². The summed E-state index contributed by atoms with van der Waals surface area (Å²) in [5.41, 5.74) is 7.00. The summed E-state index contributed by atoms with van der Waals surface area (Å²) in [4.78, 5) is 8.23. The van der Waals surface area contributed by atoms with Crippen LogP contribution in [0.15, 0.2) is 29.3 Å². The smallest absolute Gasteiger partial charge is 0.125 e. The van der Waals surface area contributed by atoms with Crippen LogP contribution in [0.3, 0.4) is 0 Å². The van der Waals surface area contributed by atoms with E-state index in [4.69, 9.17) is 20.6 Å². The molecule has 2 aliphatic rings. The number of nitrogens with one attached hydrogen (secondary N) is 1. The van der Waals surface area contributed by atoms with Gasteiger partial charge in [0.1, 0.15) is 18.2 Å². The van der Waals surface area contributed by atoms with Gasteiger partial charge in [-0.1, -0.05) is 0 Å². The molecule has 1 aromatic carbocycles. The molecular weight excluding hydrogens is 294 g/mol. The van der Waals surface area contributed by atoms with Crippen LogP contribution >= 0.6 is 0 Å². The van der Waals surface area contributed by atoms with Crippen molar-refractivity contribution in [2.24, 2.45) is 10.7 Å². The van der Waals surface area contributed by atoms with E-state index < -0.39 is 0 Å². The summed E-state index contributed by atoms with van der Waals surface area (Å²) in [5.74, 6) is 1.16. The molecule has 1 unspecified atom stereocenters. The minimum atomic E-state index is -0.243. The van der Waals surface area contributed by atoms with Gasteiger partial charge in [-0.05, 0) is 24.3 Å². The summed E-state index contributed by atoms with van der Waals surface area (Å²) in [6, 6.07) is 7.81. The zero-order valence-electron chi connectivity index (χ0n) is 13.1. The monoisotopic (exact) mass is 317 g/mol. The van der Waals surface area contributed by atoms with E-state index in [1.54, 1.807) is 6.34 Å². The second kappa shape index (κ2) is 7.54. The lowest BCUT2D eigenvalue weighted by Gasteiger charge is -2.29. The van der Waals surface area contributed by atoms with Gasteiger partial charge in [0.2, 0.25) is 0 Å². The number of nitrogens with zero attached hydrogens (tertiary/aromatic N) is 3. The van der Waals surface area contributed by atoms with Crippen LogP contribution in [0.2, 0.25) is 0 Å². The molecule has 2 aliphatic heterocycles. The average molecular weight is 317 g/mol. The van der Waals surface area contributed by atoms with Gasteiger partial charge < -0.3 is 20.1 Å². The molecule has 1 saturated heterocycles. The quantitative estimate of drug-likeness (QED) is 0.842. The first-order chi connectivity index (χ1) is 11.2. The second-order valence-corrected chi connectivity index (χ2v) is 5.67. The van der Waals surface area contributed by atoms with Gasteiger partial charge in [-0.25, -0.2) is 4.99 Å². The van der Waals surface area contributed by atoms with Gasteiger partial charge >= 0.3 is 0 Å². The maximum absolute atomic E-state index is 7.53. The van der Waals surface area contributed by atoms with Crippen molar-refractivity contribution >= 4 is 17.9 Å². The Bertz CT molecular complexity index is 554. The van der Waals surface area contributed by atoms with Crippen molar-refractivity contribution in [3.05, 3.63) is 24.3 Å². The van der Waals surface area contributed by atoms with Crippen LogP contribution in [0.25, 0.3) is 0 Å². The molecule has 23 heavy (non-hydrogen) atoms. The zero-order valence-corrected chi connectivity index (χ0v) is 13.1. The molecule has 124 valence electrons. The molecule has 0 aromatic heterocycles. The van der Waals surface area contributed by atoms with E-state index in [0.717, 1.165) is 44.3 Å². The molecule has 7 heteroatoms. The number of aliphatic imine (C=N–C) groups is 1. The molecule has 3 rings (SSSR count). The Labute approximate surface area is 136 Å². The van der Waals surface area contributed by atoms with Crippen molar-refractivity contribution in [3.63, 3.8) is 0 Å². The Balaban J connectivity index is 1.50. The number of amidine groups is 1. The fraction of sp³-hybridized carbons (Fsp3) is 0.500. The van der Waals surface area contributed by atoms with Gasteiger partial charge in [0, 0.05) is 31.7 Å². The highest BCUT2D eigenvalue weighted by atomic mass is 16.5. The van der Waals surface area contributed by atoms with Crippen LogP contribution in [0.5, 0.6) is 5.75 Å². The number of morpholine rings is 1. The van der Waals surface area contributed by atoms with Gasteiger partial charge in [0.15, 0.2) is 0 Å². The normalized spacial score (nSPS) is 22.4. The second-order valence-electron chi connectivity index (χ2n) is 5.67. The maximum atomic E-state index is 7.53. The Kier molecular flexibility index (Phi) is 5.22. The highest BCUT2D eigenvalue weighted by Gasteiger charge is 2.19. The first kappa shape index (κ1) is 15.9. The predicted molar refractivity (Wildman–Crippen MR) is 90.5 cm³/mol. The van der Waals surface area contributed by atoms with Crippen LogP contribution in [-0.4, -0.2) is 62.7 Å². The average Bonchev–Trinajstić information content (AvgIpc) is 2.57. The first-order valence-electron chi connectivity index (χ1n) is 7.91. The Morgan fingerprint density at radius 2 is 2.00 bits per heavy atom. The van der Waals surface area contributed by atoms with Crippen molar-refractivity contribution < 1.29 is 9.47 Å². The molecule has 1 aromatic rings. The van der Waals surface area contributed by atoms with Crippen LogP contribution < -0.4 is 15.4 Å². The number of rotatable bonds is 5. The van der Waals surface area contributed by atoms with Gasteiger partial charge in [0.05, 0.1) is 25.7 Å². The van der Waals surface area contributed by atoms with Crippen LogP contribution in [-0.2, 0) is 4.74 Å². The van der Waals surface area contributed by atoms with Crippen LogP contribution in [0.1, 0.15) is 6.42 Å². The number of hydrogen-bond donors (Lipinski definition) is 2. The summed E-state index contributed by atoms with van der Waals surface area (Å²) in [6.45, 7) is 5.15. The van der Waals surface area contributed by atoms with Crippen molar-refractivity contribution in [1.82, 2.24) is 4.90 Å². The number of hydrogen-bond acceptors (Lipinski definition) is 6. The lowest BCUT2D eigenvalue weighted by Crippen LogP contribution is -2.45. The van der Waals surface area contributed by atoms with E-state index in [1.807, 2.05) is 29.2 Å². The topological polar surface area (TPSA) is 87.2 Å². The number of anilines is 1. The molecular formula is C16H23N5O2. The van der Waals surface area contributed by atoms with E-state index in [2.05, 4.69) is 9.89 Å². The van der Waals surface area contributed by atoms with Gasteiger partial charge in [0.25, 0.3) is 0 Å². The minimum Gasteiger partial charge on any atom is -0.492 e. The molecule has 0 radical (unpaired) electrons. The molecule has 1 fully saturated rings. The Morgan fingerprint density at radius 3 is 2.70 bits per heavy atom. The SMILES string of the molecule is N=C1CC(N)N(c2ccc(OCCN3CCOCC3)cc2)C=N1. The third-order valence-corrected chi connectivity index (χ3v) is 4.01. The molecule has 3 N–H and O–H groups in total. The fourth-order valence-electron chi connectivity index (χ4n) is 2.66. The highest BCUT2D eigenvalue weighted by molar-refractivity contribution is 5.96. The van der Waals surface area contributed by atoms with Gasteiger partial charge in [-0.3, -0.25) is 10.3 Å². The molecule has 0 aliphatic carbocycles. The summed E-state index contributed by atoms with van der Waals surface area (Å²) < 4.78 is 11.1. The van der Waals surface area contributed by atoms with Crippen molar-refractivity contribution in [2.45, 2.75) is 12.6 Å². The third-order valence-electron chi connectivity index (χ3n) is 4.01. The Morgan fingerprint density at radius 1 is 1.26 bits per heavy atom. The summed E-state index contributed by atoms with van der Waals surface area (Å²) in [7, 11) is 0. The molecule has 7 nitrogen and oxygen atoms in total. The molecule has 0 amide bonds. The first-order valence-corrected chi connectivity index (χ1v) is 7.91. The molecule has 2 heterocycles. The van der Waals surface area contributed by atoms with E-state index >= 15 is 0 Å². The van der Waals surface area contributed by atoms with E-state index in [9.17, 15) is 0 Å².